The second-order valence-electron chi connectivity index (χ2n) is 3.16. The van der Waals surface area contributed by atoms with Crippen LogP contribution in [0.2, 0.25) is 0 Å². The normalized spacial score (nSPS) is 22.0. The highest BCUT2D eigenvalue weighted by atomic mass is 32.1. The predicted molar refractivity (Wildman–Crippen MR) is 51.3 cm³/mol. The average molecular weight is 197 g/mol. The van der Waals surface area contributed by atoms with Crippen molar-refractivity contribution < 1.29 is 9.90 Å². The first kappa shape index (κ1) is 8.72. The van der Waals surface area contributed by atoms with E-state index >= 15 is 0 Å². The van der Waals surface area contributed by atoms with Crippen molar-refractivity contribution in [2.45, 2.75) is 18.9 Å². The van der Waals surface area contributed by atoms with Crippen molar-refractivity contribution in [2.24, 2.45) is 0 Å². The second kappa shape index (κ2) is 3.47. The third kappa shape index (κ3) is 1.59. The molecular formula is C9H11NO2S. The quantitative estimate of drug-likeness (QED) is 0.761. The molecule has 1 fully saturated rings. The van der Waals surface area contributed by atoms with Crippen molar-refractivity contribution in [3.05, 3.63) is 21.9 Å². The topological polar surface area (TPSA) is 49.3 Å². The van der Waals surface area contributed by atoms with Crippen molar-refractivity contribution >= 4 is 17.3 Å². The van der Waals surface area contributed by atoms with Gasteiger partial charge in [0.15, 0.2) is 0 Å². The maximum atomic E-state index is 10.8. The summed E-state index contributed by atoms with van der Waals surface area (Å²) in [6, 6.07) is 2.18. The Bertz CT molecular complexity index is 315. The minimum atomic E-state index is -0.807. The molecular weight excluding hydrogens is 186 g/mol. The lowest BCUT2D eigenvalue weighted by Gasteiger charge is -2.08. The SMILES string of the molecule is O=C(O)c1sccc1C1CCCN1. The van der Waals surface area contributed by atoms with E-state index in [1.807, 2.05) is 11.4 Å². The van der Waals surface area contributed by atoms with E-state index in [1.165, 1.54) is 11.3 Å². The van der Waals surface area contributed by atoms with E-state index in [2.05, 4.69) is 5.32 Å². The molecule has 0 radical (unpaired) electrons. The lowest BCUT2D eigenvalue weighted by Crippen LogP contribution is -2.14. The van der Waals surface area contributed by atoms with Gasteiger partial charge < -0.3 is 10.4 Å². The van der Waals surface area contributed by atoms with E-state index in [-0.39, 0.29) is 6.04 Å². The number of hydrogen-bond donors (Lipinski definition) is 2. The summed E-state index contributed by atoms with van der Waals surface area (Å²) < 4.78 is 0. The molecule has 0 aliphatic carbocycles. The van der Waals surface area contributed by atoms with Crippen LogP contribution in [0.5, 0.6) is 0 Å². The number of nitrogens with one attached hydrogen (secondary N) is 1. The van der Waals surface area contributed by atoms with Crippen LogP contribution < -0.4 is 5.32 Å². The zero-order chi connectivity index (χ0) is 9.26. The van der Waals surface area contributed by atoms with Crippen LogP contribution in [0.15, 0.2) is 11.4 Å². The first-order valence-electron chi connectivity index (χ1n) is 4.33. The van der Waals surface area contributed by atoms with Crippen LogP contribution in [0, 0.1) is 0 Å². The van der Waals surface area contributed by atoms with Gasteiger partial charge in [-0.15, -0.1) is 11.3 Å². The molecule has 0 saturated carbocycles. The van der Waals surface area contributed by atoms with Gasteiger partial charge in [-0.3, -0.25) is 0 Å². The van der Waals surface area contributed by atoms with Gasteiger partial charge in [0.2, 0.25) is 0 Å². The Hall–Kier alpha value is -0.870. The molecule has 0 spiro atoms. The first-order valence-corrected chi connectivity index (χ1v) is 5.21. The number of aromatic carboxylic acids is 1. The lowest BCUT2D eigenvalue weighted by atomic mass is 10.1. The highest BCUT2D eigenvalue weighted by Gasteiger charge is 2.22. The Morgan fingerprint density at radius 3 is 3.15 bits per heavy atom. The number of hydrogen-bond acceptors (Lipinski definition) is 3. The number of thiophene rings is 1. The molecule has 4 heteroatoms. The molecule has 2 heterocycles. The van der Waals surface area contributed by atoms with Crippen molar-refractivity contribution in [1.82, 2.24) is 5.32 Å². The van der Waals surface area contributed by atoms with E-state index in [0.717, 1.165) is 24.9 Å². The smallest absolute Gasteiger partial charge is 0.346 e. The zero-order valence-corrected chi connectivity index (χ0v) is 7.93. The number of rotatable bonds is 2. The summed E-state index contributed by atoms with van der Waals surface area (Å²) >= 11 is 1.30. The van der Waals surface area contributed by atoms with Crippen LogP contribution in [-0.2, 0) is 0 Å². The van der Waals surface area contributed by atoms with Crippen LogP contribution in [-0.4, -0.2) is 17.6 Å². The van der Waals surface area contributed by atoms with Gasteiger partial charge in [0, 0.05) is 6.04 Å². The second-order valence-corrected chi connectivity index (χ2v) is 4.08. The van der Waals surface area contributed by atoms with Crippen LogP contribution >= 0.6 is 11.3 Å². The summed E-state index contributed by atoms with van der Waals surface area (Å²) in [6.45, 7) is 1.000. The van der Waals surface area contributed by atoms with Crippen LogP contribution in [0.1, 0.15) is 34.1 Å². The van der Waals surface area contributed by atoms with Gasteiger partial charge in [0.25, 0.3) is 0 Å². The highest BCUT2D eigenvalue weighted by molar-refractivity contribution is 7.12. The Balaban J connectivity index is 2.28. The van der Waals surface area contributed by atoms with Gasteiger partial charge >= 0.3 is 5.97 Å². The molecule has 1 atom stereocenters. The predicted octanol–water partition coefficient (Wildman–Crippen LogP) is 1.87. The third-order valence-electron chi connectivity index (χ3n) is 2.33. The maximum Gasteiger partial charge on any atom is 0.346 e. The average Bonchev–Trinajstić information content (AvgIpc) is 2.74. The van der Waals surface area contributed by atoms with Crippen molar-refractivity contribution in [2.75, 3.05) is 6.54 Å². The van der Waals surface area contributed by atoms with E-state index in [9.17, 15) is 4.79 Å². The molecule has 13 heavy (non-hydrogen) atoms. The summed E-state index contributed by atoms with van der Waals surface area (Å²) in [5.41, 5.74) is 0.954. The monoisotopic (exact) mass is 197 g/mol. The van der Waals surface area contributed by atoms with Gasteiger partial charge in [-0.05, 0) is 36.4 Å². The van der Waals surface area contributed by atoms with E-state index in [1.54, 1.807) is 0 Å². The number of carboxylic acids is 1. The molecule has 70 valence electrons. The van der Waals surface area contributed by atoms with Crippen molar-refractivity contribution in [3.63, 3.8) is 0 Å². The van der Waals surface area contributed by atoms with Crippen LogP contribution in [0.3, 0.4) is 0 Å². The Morgan fingerprint density at radius 2 is 2.54 bits per heavy atom. The van der Waals surface area contributed by atoms with Gasteiger partial charge in [0.1, 0.15) is 4.88 Å². The molecule has 2 N–H and O–H groups in total. The van der Waals surface area contributed by atoms with Gasteiger partial charge in [-0.1, -0.05) is 0 Å². The van der Waals surface area contributed by atoms with Gasteiger partial charge in [-0.25, -0.2) is 4.79 Å². The Kier molecular flexibility index (Phi) is 2.33. The minimum Gasteiger partial charge on any atom is -0.477 e. The molecule has 1 aromatic rings. The molecule has 2 rings (SSSR count). The number of carboxylic acid groups (broad SMARTS) is 1. The summed E-state index contributed by atoms with van der Waals surface area (Å²) in [7, 11) is 0. The van der Waals surface area contributed by atoms with E-state index in [0.29, 0.717) is 4.88 Å². The van der Waals surface area contributed by atoms with Crippen LogP contribution in [0.25, 0.3) is 0 Å². The number of carbonyl (C=O) groups is 1. The molecule has 0 aromatic carbocycles. The fourth-order valence-electron chi connectivity index (χ4n) is 1.72. The fraction of sp³-hybridized carbons (Fsp3) is 0.444. The highest BCUT2D eigenvalue weighted by Crippen LogP contribution is 2.29. The summed E-state index contributed by atoms with van der Waals surface area (Å²) in [4.78, 5) is 11.3. The first-order chi connectivity index (χ1) is 6.29. The molecule has 0 bridgehead atoms. The fourth-order valence-corrected chi connectivity index (χ4v) is 2.52. The maximum absolute atomic E-state index is 10.8. The third-order valence-corrected chi connectivity index (χ3v) is 3.24. The summed E-state index contributed by atoms with van der Waals surface area (Å²) in [6.07, 6.45) is 2.19. The Morgan fingerprint density at radius 1 is 1.69 bits per heavy atom. The van der Waals surface area contributed by atoms with Crippen LogP contribution in [0.4, 0.5) is 0 Å². The Labute approximate surface area is 80.4 Å². The van der Waals surface area contributed by atoms with Gasteiger partial charge in [-0.2, -0.15) is 0 Å². The minimum absolute atomic E-state index is 0.261. The zero-order valence-electron chi connectivity index (χ0n) is 7.12. The summed E-state index contributed by atoms with van der Waals surface area (Å²) in [5.74, 6) is -0.807. The molecule has 1 unspecified atom stereocenters. The molecule has 1 aliphatic rings. The van der Waals surface area contributed by atoms with Crippen molar-refractivity contribution in [1.29, 1.82) is 0 Å². The van der Waals surface area contributed by atoms with E-state index < -0.39 is 5.97 Å². The lowest BCUT2D eigenvalue weighted by molar-refractivity contribution is 0.0700. The summed E-state index contributed by atoms with van der Waals surface area (Å²) in [5, 5.41) is 14.0. The molecule has 1 aliphatic heterocycles. The molecule has 0 amide bonds. The molecule has 3 nitrogen and oxygen atoms in total. The molecule has 1 aromatic heterocycles. The van der Waals surface area contributed by atoms with E-state index in [4.69, 9.17) is 5.11 Å². The standard InChI is InChI=1S/C9H11NO2S/c11-9(12)8-6(3-5-13-8)7-2-1-4-10-7/h3,5,7,10H,1-2,4H2,(H,11,12). The largest absolute Gasteiger partial charge is 0.477 e. The van der Waals surface area contributed by atoms with Crippen molar-refractivity contribution in [3.8, 4) is 0 Å². The van der Waals surface area contributed by atoms with Gasteiger partial charge in [0.05, 0.1) is 0 Å². The molecule has 1 saturated heterocycles.